The van der Waals surface area contributed by atoms with Crippen LogP contribution in [0.1, 0.15) is 62.5 Å². The van der Waals surface area contributed by atoms with Crippen molar-refractivity contribution in [2.75, 3.05) is 13.1 Å². The maximum atomic E-state index is 4.84. The molecule has 1 aliphatic carbocycles. The van der Waals surface area contributed by atoms with Gasteiger partial charge in [0.2, 0.25) is 0 Å². The monoisotopic (exact) mass is 263 g/mol. The van der Waals surface area contributed by atoms with Crippen molar-refractivity contribution in [2.45, 2.75) is 65.8 Å². The minimum Gasteiger partial charge on any atom is -0.317 e. The zero-order valence-corrected chi connectivity index (χ0v) is 13.0. The summed E-state index contributed by atoms with van der Waals surface area (Å²) in [5, 5.41) is 8.25. The normalized spacial score (nSPS) is 23.8. The Morgan fingerprint density at radius 1 is 1.32 bits per heavy atom. The van der Waals surface area contributed by atoms with Crippen molar-refractivity contribution in [3.8, 4) is 0 Å². The Labute approximate surface area is 117 Å². The van der Waals surface area contributed by atoms with Gasteiger partial charge < -0.3 is 5.32 Å². The molecule has 0 saturated heterocycles. The van der Waals surface area contributed by atoms with Crippen molar-refractivity contribution in [1.82, 2.24) is 15.1 Å². The summed E-state index contributed by atoms with van der Waals surface area (Å²) in [5.41, 5.74) is 4.09. The first-order chi connectivity index (χ1) is 9.13. The van der Waals surface area contributed by atoms with Crippen LogP contribution in [0, 0.1) is 19.8 Å². The van der Waals surface area contributed by atoms with Gasteiger partial charge in [-0.15, -0.1) is 0 Å². The number of likely N-dealkylation sites (N-methyl/N-ethyl adjacent to an activating group) is 1. The zero-order valence-electron chi connectivity index (χ0n) is 13.0. The highest BCUT2D eigenvalue weighted by atomic mass is 15.3. The predicted molar refractivity (Wildman–Crippen MR) is 80.6 cm³/mol. The molecule has 1 aromatic rings. The van der Waals surface area contributed by atoms with Gasteiger partial charge in [-0.1, -0.05) is 26.7 Å². The van der Waals surface area contributed by atoms with Crippen LogP contribution in [0.2, 0.25) is 0 Å². The van der Waals surface area contributed by atoms with Crippen molar-refractivity contribution >= 4 is 0 Å². The third kappa shape index (κ3) is 3.38. The second kappa shape index (κ2) is 6.56. The molecule has 1 aromatic heterocycles. The smallest absolute Gasteiger partial charge is 0.0629 e. The molecule has 3 nitrogen and oxygen atoms in total. The number of hydrogen-bond acceptors (Lipinski definition) is 2. The lowest BCUT2D eigenvalue weighted by molar-refractivity contribution is 0.263. The molecule has 0 radical (unpaired) electrons. The van der Waals surface area contributed by atoms with Gasteiger partial charge in [0.05, 0.1) is 11.7 Å². The standard InChI is InChI=1S/C16H29N3/c1-5-17-10-9-16-13(3)18-19(14(16)4)15-8-6-7-12(2)11-15/h12,15,17H,5-11H2,1-4H3. The molecule has 2 atom stereocenters. The summed E-state index contributed by atoms with van der Waals surface area (Å²) in [4.78, 5) is 0. The van der Waals surface area contributed by atoms with E-state index in [-0.39, 0.29) is 0 Å². The summed E-state index contributed by atoms with van der Waals surface area (Å²) in [6.07, 6.45) is 6.46. The molecule has 0 aliphatic heterocycles. The first-order valence-electron chi connectivity index (χ1n) is 7.88. The van der Waals surface area contributed by atoms with Crippen molar-refractivity contribution in [3.05, 3.63) is 17.0 Å². The van der Waals surface area contributed by atoms with E-state index in [4.69, 9.17) is 5.10 Å². The van der Waals surface area contributed by atoms with E-state index in [1.165, 1.54) is 42.6 Å². The lowest BCUT2D eigenvalue weighted by Crippen LogP contribution is -2.20. The van der Waals surface area contributed by atoms with Crippen molar-refractivity contribution in [1.29, 1.82) is 0 Å². The second-order valence-corrected chi connectivity index (χ2v) is 6.12. The molecule has 108 valence electrons. The van der Waals surface area contributed by atoms with Gasteiger partial charge >= 0.3 is 0 Å². The SMILES string of the molecule is CCNCCc1c(C)nn(C2CCCC(C)C2)c1C. The summed E-state index contributed by atoms with van der Waals surface area (Å²) in [6, 6.07) is 0.635. The summed E-state index contributed by atoms with van der Waals surface area (Å²) >= 11 is 0. The molecule has 0 amide bonds. The highest BCUT2D eigenvalue weighted by Gasteiger charge is 2.23. The first kappa shape index (κ1) is 14.6. The van der Waals surface area contributed by atoms with Crippen LogP contribution in [0.4, 0.5) is 0 Å². The fourth-order valence-corrected chi connectivity index (χ4v) is 3.43. The molecule has 1 aliphatic rings. The van der Waals surface area contributed by atoms with Crippen LogP contribution in [0.3, 0.4) is 0 Å². The topological polar surface area (TPSA) is 29.9 Å². The lowest BCUT2D eigenvalue weighted by atomic mass is 9.87. The number of hydrogen-bond donors (Lipinski definition) is 1. The average Bonchev–Trinajstić information content (AvgIpc) is 2.67. The Balaban J connectivity index is 2.11. The number of rotatable bonds is 5. The summed E-state index contributed by atoms with van der Waals surface area (Å²) < 4.78 is 2.33. The quantitative estimate of drug-likeness (QED) is 0.825. The third-order valence-electron chi connectivity index (χ3n) is 4.53. The predicted octanol–water partition coefficient (Wildman–Crippen LogP) is 3.40. The van der Waals surface area contributed by atoms with Crippen LogP contribution >= 0.6 is 0 Å². The first-order valence-corrected chi connectivity index (χ1v) is 7.88. The lowest BCUT2D eigenvalue weighted by Gasteiger charge is -2.28. The second-order valence-electron chi connectivity index (χ2n) is 6.12. The molecule has 0 spiro atoms. The van der Waals surface area contributed by atoms with Crippen LogP contribution in [-0.4, -0.2) is 22.9 Å². The number of nitrogens with zero attached hydrogens (tertiary/aromatic N) is 2. The van der Waals surface area contributed by atoms with Crippen molar-refractivity contribution in [2.24, 2.45) is 5.92 Å². The van der Waals surface area contributed by atoms with Crippen molar-refractivity contribution < 1.29 is 0 Å². The van der Waals surface area contributed by atoms with Crippen molar-refractivity contribution in [3.63, 3.8) is 0 Å². The molecule has 19 heavy (non-hydrogen) atoms. The van der Waals surface area contributed by atoms with Gasteiger partial charge in [-0.3, -0.25) is 4.68 Å². The molecule has 1 fully saturated rings. The van der Waals surface area contributed by atoms with Crippen LogP contribution < -0.4 is 5.32 Å². The molecule has 1 saturated carbocycles. The minimum atomic E-state index is 0.635. The molecule has 0 aromatic carbocycles. The zero-order chi connectivity index (χ0) is 13.8. The third-order valence-corrected chi connectivity index (χ3v) is 4.53. The van der Waals surface area contributed by atoms with Gasteiger partial charge in [0, 0.05) is 5.69 Å². The Morgan fingerprint density at radius 3 is 2.79 bits per heavy atom. The molecule has 2 rings (SSSR count). The van der Waals surface area contributed by atoms with Crippen LogP contribution in [0.15, 0.2) is 0 Å². The molecule has 1 heterocycles. The van der Waals surface area contributed by atoms with E-state index in [0.29, 0.717) is 6.04 Å². The van der Waals surface area contributed by atoms with Gasteiger partial charge in [-0.25, -0.2) is 0 Å². The van der Waals surface area contributed by atoms with Crippen LogP contribution in [0.25, 0.3) is 0 Å². The summed E-state index contributed by atoms with van der Waals surface area (Å²) in [5.74, 6) is 0.855. The van der Waals surface area contributed by atoms with Gasteiger partial charge in [0.15, 0.2) is 0 Å². The van der Waals surface area contributed by atoms with Gasteiger partial charge in [0.25, 0.3) is 0 Å². The van der Waals surface area contributed by atoms with E-state index in [2.05, 4.69) is 37.7 Å². The number of nitrogens with one attached hydrogen (secondary N) is 1. The Morgan fingerprint density at radius 2 is 2.11 bits per heavy atom. The fraction of sp³-hybridized carbons (Fsp3) is 0.812. The molecule has 1 N–H and O–H groups in total. The summed E-state index contributed by atoms with van der Waals surface area (Å²) in [7, 11) is 0. The Hall–Kier alpha value is -0.830. The van der Waals surface area contributed by atoms with E-state index in [0.717, 1.165) is 25.4 Å². The minimum absolute atomic E-state index is 0.635. The van der Waals surface area contributed by atoms with E-state index in [1.54, 1.807) is 0 Å². The molecule has 2 unspecified atom stereocenters. The van der Waals surface area contributed by atoms with E-state index < -0.39 is 0 Å². The molecule has 0 bridgehead atoms. The Kier molecular flexibility index (Phi) is 5.03. The van der Waals surface area contributed by atoms with E-state index >= 15 is 0 Å². The number of aryl methyl sites for hydroxylation is 1. The average molecular weight is 263 g/mol. The molecular weight excluding hydrogens is 234 g/mol. The summed E-state index contributed by atoms with van der Waals surface area (Å²) in [6.45, 7) is 11.1. The van der Waals surface area contributed by atoms with E-state index in [9.17, 15) is 0 Å². The van der Waals surface area contributed by atoms with Crippen LogP contribution in [0.5, 0.6) is 0 Å². The highest BCUT2D eigenvalue weighted by Crippen LogP contribution is 2.33. The van der Waals surface area contributed by atoms with E-state index in [1.807, 2.05) is 0 Å². The maximum absolute atomic E-state index is 4.84. The largest absolute Gasteiger partial charge is 0.317 e. The maximum Gasteiger partial charge on any atom is 0.0629 e. The van der Waals surface area contributed by atoms with Gasteiger partial charge in [0.1, 0.15) is 0 Å². The number of aromatic nitrogens is 2. The fourth-order valence-electron chi connectivity index (χ4n) is 3.43. The molecule has 3 heteroatoms. The molecular formula is C16H29N3. The van der Waals surface area contributed by atoms with Crippen LogP contribution in [-0.2, 0) is 6.42 Å². The Bertz CT molecular complexity index is 408. The highest BCUT2D eigenvalue weighted by molar-refractivity contribution is 5.25. The van der Waals surface area contributed by atoms with Gasteiger partial charge in [-0.2, -0.15) is 5.10 Å². The van der Waals surface area contributed by atoms with Gasteiger partial charge in [-0.05, 0) is 57.7 Å².